The van der Waals surface area contributed by atoms with E-state index >= 15 is 0 Å². The van der Waals surface area contributed by atoms with Crippen LogP contribution in [0.3, 0.4) is 0 Å². The maximum atomic E-state index is 12.6. The fourth-order valence-corrected chi connectivity index (χ4v) is 3.54. The highest BCUT2D eigenvalue weighted by molar-refractivity contribution is 6.31. The monoisotopic (exact) mass is 390 g/mol. The van der Waals surface area contributed by atoms with Crippen LogP contribution in [-0.2, 0) is 16.0 Å². The standard InChI is InChI=1S/C20H23ClN2O4/c1-3-14-8-9-17(27-14)19(24)23-12-10-22(11-13-23)18(20(25)26-2)15-6-4-5-7-16(15)21/h4-9,18H,3,10-13H2,1-2H3. The van der Waals surface area contributed by atoms with E-state index in [1.54, 1.807) is 17.0 Å². The molecule has 6 nitrogen and oxygen atoms in total. The summed E-state index contributed by atoms with van der Waals surface area (Å²) in [5.41, 5.74) is 0.712. The second-order valence-electron chi connectivity index (χ2n) is 6.39. The number of hydrogen-bond acceptors (Lipinski definition) is 5. The first-order valence-corrected chi connectivity index (χ1v) is 9.37. The van der Waals surface area contributed by atoms with Crippen LogP contribution in [0.2, 0.25) is 5.02 Å². The molecule has 2 heterocycles. The topological polar surface area (TPSA) is 63.0 Å². The van der Waals surface area contributed by atoms with Gasteiger partial charge in [-0.1, -0.05) is 36.7 Å². The summed E-state index contributed by atoms with van der Waals surface area (Å²) in [6, 6.07) is 10.2. The van der Waals surface area contributed by atoms with Crippen LogP contribution in [0.15, 0.2) is 40.8 Å². The number of hydrogen-bond donors (Lipinski definition) is 0. The molecule has 0 spiro atoms. The minimum absolute atomic E-state index is 0.123. The Hall–Kier alpha value is -2.31. The van der Waals surface area contributed by atoms with Crippen molar-refractivity contribution in [2.75, 3.05) is 33.3 Å². The number of esters is 1. The molecule has 0 N–H and O–H groups in total. The zero-order valence-electron chi connectivity index (χ0n) is 15.5. The summed E-state index contributed by atoms with van der Waals surface area (Å²) in [6.45, 7) is 4.06. The summed E-state index contributed by atoms with van der Waals surface area (Å²) in [4.78, 5) is 28.8. The highest BCUT2D eigenvalue weighted by Crippen LogP contribution is 2.29. The van der Waals surface area contributed by atoms with Gasteiger partial charge in [-0.3, -0.25) is 9.69 Å². The van der Waals surface area contributed by atoms with Gasteiger partial charge in [0.15, 0.2) is 5.76 Å². The number of ether oxygens (including phenoxy) is 1. The van der Waals surface area contributed by atoms with Crippen molar-refractivity contribution in [1.82, 2.24) is 9.80 Å². The highest BCUT2D eigenvalue weighted by atomic mass is 35.5. The van der Waals surface area contributed by atoms with Crippen molar-refractivity contribution in [2.24, 2.45) is 0 Å². The van der Waals surface area contributed by atoms with E-state index in [1.807, 2.05) is 36.1 Å². The summed E-state index contributed by atoms with van der Waals surface area (Å²) >= 11 is 6.30. The van der Waals surface area contributed by atoms with Gasteiger partial charge in [-0.15, -0.1) is 0 Å². The summed E-state index contributed by atoms with van der Waals surface area (Å²) in [5.74, 6) is 0.667. The van der Waals surface area contributed by atoms with Crippen LogP contribution in [0.5, 0.6) is 0 Å². The number of aryl methyl sites for hydroxylation is 1. The molecule has 1 unspecified atom stereocenters. The Morgan fingerprint density at radius 3 is 2.44 bits per heavy atom. The minimum atomic E-state index is -0.587. The lowest BCUT2D eigenvalue weighted by atomic mass is 10.0. The number of halogens is 1. The molecule has 3 rings (SSSR count). The van der Waals surface area contributed by atoms with Crippen molar-refractivity contribution in [3.8, 4) is 0 Å². The quantitative estimate of drug-likeness (QED) is 0.734. The van der Waals surface area contributed by atoms with Crippen LogP contribution in [0.1, 0.15) is 34.8 Å². The second kappa shape index (κ2) is 8.59. The molecule has 0 aliphatic carbocycles. The van der Waals surface area contributed by atoms with Crippen molar-refractivity contribution in [3.05, 3.63) is 58.5 Å². The first kappa shape index (κ1) is 19.5. The number of carbonyl (C=O) groups is 2. The van der Waals surface area contributed by atoms with Gasteiger partial charge in [-0.2, -0.15) is 0 Å². The fraction of sp³-hybridized carbons (Fsp3) is 0.400. The Bertz CT molecular complexity index is 812. The molecule has 144 valence electrons. The molecule has 1 amide bonds. The number of carbonyl (C=O) groups excluding carboxylic acids is 2. The van der Waals surface area contributed by atoms with E-state index in [0.717, 1.165) is 12.2 Å². The molecular formula is C20H23ClN2O4. The van der Waals surface area contributed by atoms with Gasteiger partial charge in [-0.05, 0) is 23.8 Å². The van der Waals surface area contributed by atoms with E-state index in [-0.39, 0.29) is 11.9 Å². The molecular weight excluding hydrogens is 368 g/mol. The van der Waals surface area contributed by atoms with Crippen molar-refractivity contribution in [3.63, 3.8) is 0 Å². The van der Waals surface area contributed by atoms with Gasteiger partial charge in [0.2, 0.25) is 0 Å². The van der Waals surface area contributed by atoms with E-state index in [2.05, 4.69) is 0 Å². The van der Waals surface area contributed by atoms with Crippen LogP contribution in [0.4, 0.5) is 0 Å². The Balaban J connectivity index is 1.71. The number of piperazine rings is 1. The Kier molecular flexibility index (Phi) is 6.19. The lowest BCUT2D eigenvalue weighted by Gasteiger charge is -2.38. The van der Waals surface area contributed by atoms with Crippen LogP contribution in [-0.4, -0.2) is 55.0 Å². The van der Waals surface area contributed by atoms with Crippen LogP contribution >= 0.6 is 11.6 Å². The predicted molar refractivity (Wildman–Crippen MR) is 102 cm³/mol. The molecule has 1 atom stereocenters. The average molecular weight is 391 g/mol. The number of furan rings is 1. The normalized spacial score (nSPS) is 16.2. The van der Waals surface area contributed by atoms with Crippen molar-refractivity contribution in [2.45, 2.75) is 19.4 Å². The van der Waals surface area contributed by atoms with Gasteiger partial charge >= 0.3 is 5.97 Å². The number of rotatable bonds is 5. The fourth-order valence-electron chi connectivity index (χ4n) is 3.30. The number of benzene rings is 1. The summed E-state index contributed by atoms with van der Waals surface area (Å²) < 4.78 is 10.6. The van der Waals surface area contributed by atoms with E-state index in [9.17, 15) is 9.59 Å². The minimum Gasteiger partial charge on any atom is -0.468 e. The number of methoxy groups -OCH3 is 1. The molecule has 1 aliphatic rings. The highest BCUT2D eigenvalue weighted by Gasteiger charge is 2.34. The first-order chi connectivity index (χ1) is 13.0. The summed E-state index contributed by atoms with van der Waals surface area (Å²) in [7, 11) is 1.37. The molecule has 27 heavy (non-hydrogen) atoms. The molecule has 1 saturated heterocycles. The molecule has 7 heteroatoms. The van der Waals surface area contributed by atoms with E-state index < -0.39 is 6.04 Å². The first-order valence-electron chi connectivity index (χ1n) is 8.99. The van der Waals surface area contributed by atoms with Gasteiger partial charge in [0.25, 0.3) is 5.91 Å². The van der Waals surface area contributed by atoms with Gasteiger partial charge in [0.1, 0.15) is 11.8 Å². The van der Waals surface area contributed by atoms with E-state index in [1.165, 1.54) is 7.11 Å². The Morgan fingerprint density at radius 2 is 1.85 bits per heavy atom. The van der Waals surface area contributed by atoms with Crippen LogP contribution in [0, 0.1) is 0 Å². The van der Waals surface area contributed by atoms with Crippen molar-refractivity contribution in [1.29, 1.82) is 0 Å². The molecule has 1 aromatic carbocycles. The van der Waals surface area contributed by atoms with Gasteiger partial charge in [0.05, 0.1) is 7.11 Å². The van der Waals surface area contributed by atoms with Crippen molar-refractivity contribution >= 4 is 23.5 Å². The maximum Gasteiger partial charge on any atom is 0.327 e. The number of nitrogens with zero attached hydrogens (tertiary/aromatic N) is 2. The maximum absolute atomic E-state index is 12.6. The summed E-state index contributed by atoms with van der Waals surface area (Å²) in [5, 5.41) is 0.522. The smallest absolute Gasteiger partial charge is 0.327 e. The number of amides is 1. The molecule has 2 aromatic rings. The summed E-state index contributed by atoms with van der Waals surface area (Å²) in [6.07, 6.45) is 0.750. The Labute approximate surface area is 163 Å². The van der Waals surface area contributed by atoms with E-state index in [4.69, 9.17) is 20.8 Å². The van der Waals surface area contributed by atoms with Gasteiger partial charge in [0, 0.05) is 37.6 Å². The second-order valence-corrected chi connectivity index (χ2v) is 6.80. The SMILES string of the molecule is CCc1ccc(C(=O)N2CCN(C(C(=O)OC)c3ccccc3Cl)CC2)o1. The molecule has 1 fully saturated rings. The molecule has 1 aromatic heterocycles. The average Bonchev–Trinajstić information content (AvgIpc) is 3.18. The third kappa shape index (κ3) is 4.17. The van der Waals surface area contributed by atoms with E-state index in [0.29, 0.717) is 42.5 Å². The van der Waals surface area contributed by atoms with Gasteiger partial charge < -0.3 is 14.1 Å². The van der Waals surface area contributed by atoms with Crippen LogP contribution in [0.25, 0.3) is 0 Å². The third-order valence-electron chi connectivity index (χ3n) is 4.81. The lowest BCUT2D eigenvalue weighted by molar-refractivity contribution is -0.148. The zero-order valence-corrected chi connectivity index (χ0v) is 16.2. The molecule has 0 bridgehead atoms. The largest absolute Gasteiger partial charge is 0.468 e. The lowest BCUT2D eigenvalue weighted by Crippen LogP contribution is -2.51. The predicted octanol–water partition coefficient (Wildman–Crippen LogP) is 3.17. The van der Waals surface area contributed by atoms with Crippen molar-refractivity contribution < 1.29 is 18.7 Å². The zero-order chi connectivity index (χ0) is 19.4. The molecule has 0 radical (unpaired) electrons. The third-order valence-corrected chi connectivity index (χ3v) is 5.16. The molecule has 1 aliphatic heterocycles. The molecule has 0 saturated carbocycles. The van der Waals surface area contributed by atoms with Crippen LogP contribution < -0.4 is 0 Å². The Morgan fingerprint density at radius 1 is 1.15 bits per heavy atom. The van der Waals surface area contributed by atoms with Gasteiger partial charge in [-0.25, -0.2) is 4.79 Å².